The van der Waals surface area contributed by atoms with Crippen LogP contribution in [0.25, 0.3) is 87.1 Å². The first kappa shape index (κ1) is 50.0. The molecule has 0 saturated carbocycles. The second-order valence-corrected chi connectivity index (χ2v) is 21.1. The molecule has 1 amide bonds. The maximum atomic E-state index is 14.8. The number of phenols is 2. The zero-order valence-electron chi connectivity index (χ0n) is 43.7. The Morgan fingerprint density at radius 3 is 1.84 bits per heavy atom. The molecule has 0 fully saturated rings. The van der Waals surface area contributed by atoms with Gasteiger partial charge < -0.3 is 30.2 Å². The van der Waals surface area contributed by atoms with Crippen LogP contribution in [0.1, 0.15) is 56.8 Å². The van der Waals surface area contributed by atoms with Crippen molar-refractivity contribution in [2.75, 3.05) is 5.32 Å². The number of azo groups is 2. The van der Waals surface area contributed by atoms with Crippen LogP contribution in [-0.4, -0.2) is 37.8 Å². The Labute approximate surface area is 476 Å². The van der Waals surface area contributed by atoms with Gasteiger partial charge in [-0.3, -0.25) is 15.0 Å². The van der Waals surface area contributed by atoms with E-state index < -0.39 is 0 Å². The first-order valence-corrected chi connectivity index (χ1v) is 27.3. The maximum absolute atomic E-state index is 14.8. The Kier molecular flexibility index (Phi) is 11.9. The molecule has 0 unspecified atom stereocenters. The summed E-state index contributed by atoms with van der Waals surface area (Å²) in [6, 6.07) is 51.7. The Morgan fingerprint density at radius 1 is 0.549 bits per heavy atom. The number of anilines is 1. The average Bonchev–Trinajstić information content (AvgIpc) is 4.22. The third-order valence-electron chi connectivity index (χ3n) is 15.6. The van der Waals surface area contributed by atoms with E-state index in [0.29, 0.717) is 105 Å². The standard InChI is InChI=1S/C67H44Cl2N8O5/c1-3-33-10-5-7-12-40(33)66(70)82-55-29-36-17-22-45-49-31-38(69)19-26-52(49)72-60(45)57(36)62(65(55)80)77-75-53-27-24-43-42-23-20-39(32-50(42)63(78)47-15-9-14-46(53)58(43)47)74-76-61-56-35(16-21-44-48-30-37(68)18-25-51(48)71-59(44)56)28-54(64(61)79)73-67(81)41-13-8-6-11-34(41)4-2/h5-32,70-72,79-80H,3-4H2,1-2H3,(H,73,81). The monoisotopic (exact) mass is 1110 g/mol. The first-order chi connectivity index (χ1) is 39.9. The number of H-pyrrole nitrogens is 2. The molecule has 82 heavy (non-hydrogen) atoms. The largest absolute Gasteiger partial charge is 0.504 e. The van der Waals surface area contributed by atoms with Crippen LogP contribution in [-0.2, 0) is 12.8 Å². The minimum atomic E-state index is -0.385. The van der Waals surface area contributed by atoms with Crippen LogP contribution >= 0.6 is 23.2 Å². The second-order valence-electron chi connectivity index (χ2n) is 20.2. The highest BCUT2D eigenvalue weighted by Crippen LogP contribution is 2.50. The van der Waals surface area contributed by atoms with Crippen LogP contribution in [0.2, 0.25) is 10.0 Å². The lowest BCUT2D eigenvalue weighted by Crippen LogP contribution is -2.14. The topological polar surface area (TPSA) is 201 Å². The van der Waals surface area contributed by atoms with Crippen molar-refractivity contribution in [1.29, 1.82) is 5.41 Å². The minimum absolute atomic E-state index is 0.0302. The second kappa shape index (κ2) is 19.6. The number of amides is 1. The summed E-state index contributed by atoms with van der Waals surface area (Å²) in [7, 11) is 0. The van der Waals surface area contributed by atoms with Gasteiger partial charge in [0, 0.05) is 86.4 Å². The molecule has 2 heterocycles. The number of rotatable bonds is 10. The van der Waals surface area contributed by atoms with Crippen LogP contribution in [0.15, 0.2) is 190 Å². The zero-order chi connectivity index (χ0) is 56.1. The van der Waals surface area contributed by atoms with Gasteiger partial charge in [0.2, 0.25) is 5.90 Å². The van der Waals surface area contributed by atoms with Crippen LogP contribution in [0.3, 0.4) is 0 Å². The van der Waals surface area contributed by atoms with Gasteiger partial charge in [0.1, 0.15) is 11.4 Å². The highest BCUT2D eigenvalue weighted by Gasteiger charge is 2.28. The molecule has 15 heteroatoms. The highest BCUT2D eigenvalue weighted by atomic mass is 35.5. The third kappa shape index (κ3) is 8.11. The molecule has 0 atom stereocenters. The summed E-state index contributed by atoms with van der Waals surface area (Å²) < 4.78 is 6.19. The zero-order valence-corrected chi connectivity index (χ0v) is 45.3. The number of aromatic amines is 2. The molecule has 0 saturated heterocycles. The quantitative estimate of drug-likeness (QED) is 0.0342. The normalized spacial score (nSPS) is 12.4. The molecule has 1 aliphatic carbocycles. The van der Waals surface area contributed by atoms with E-state index in [0.717, 1.165) is 49.3 Å². The fourth-order valence-electron chi connectivity index (χ4n) is 11.7. The van der Waals surface area contributed by atoms with E-state index in [1.807, 2.05) is 129 Å². The van der Waals surface area contributed by atoms with Gasteiger partial charge in [0.25, 0.3) is 5.91 Å². The predicted octanol–water partition coefficient (Wildman–Crippen LogP) is 19.0. The SMILES string of the molecule is CCc1ccccc1C(=N)Oc1cc2ccc3c4cc(Cl)ccc4[nH]c3c2c(N=Nc2ccc3c4c(cccc24)C(=O)c2cc(N=Nc4c(O)c(NC(=O)c5ccccc5CC)cc5ccc6c7cc(Cl)ccc7[nH]c6c45)ccc2-3)c1O. The Hall–Kier alpha value is -10.2. The molecule has 2 aromatic heterocycles. The van der Waals surface area contributed by atoms with Crippen molar-refractivity contribution in [2.24, 2.45) is 20.5 Å². The van der Waals surface area contributed by atoms with E-state index in [1.54, 1.807) is 54.6 Å². The molecule has 13 aromatic rings. The van der Waals surface area contributed by atoms with Crippen molar-refractivity contribution in [2.45, 2.75) is 26.7 Å². The fraction of sp³-hybridized carbons (Fsp3) is 0.0597. The van der Waals surface area contributed by atoms with Crippen LogP contribution in [0.5, 0.6) is 17.2 Å². The summed E-state index contributed by atoms with van der Waals surface area (Å²) in [5.41, 5.74) is 9.36. The lowest BCUT2D eigenvalue weighted by molar-refractivity contribution is 0.102. The number of aryl methyl sites for hydroxylation is 2. The number of nitrogens with one attached hydrogen (secondary N) is 4. The molecule has 0 radical (unpaired) electrons. The summed E-state index contributed by atoms with van der Waals surface area (Å²) >= 11 is 13.0. The third-order valence-corrected chi connectivity index (χ3v) is 16.1. The first-order valence-electron chi connectivity index (χ1n) is 26.6. The predicted molar refractivity (Wildman–Crippen MR) is 328 cm³/mol. The van der Waals surface area contributed by atoms with Gasteiger partial charge in [-0.2, -0.15) is 5.11 Å². The van der Waals surface area contributed by atoms with E-state index in [1.165, 1.54) is 0 Å². The van der Waals surface area contributed by atoms with E-state index in [-0.39, 0.29) is 51.9 Å². The fourth-order valence-corrected chi connectivity index (χ4v) is 12.0. The summed E-state index contributed by atoms with van der Waals surface area (Å²) in [6.07, 6.45) is 1.32. The van der Waals surface area contributed by atoms with Gasteiger partial charge in [-0.1, -0.05) is 128 Å². The number of fused-ring (bicyclic) bond motifs is 12. The summed E-state index contributed by atoms with van der Waals surface area (Å²) in [4.78, 5) is 35.6. The number of aromatic nitrogens is 2. The van der Waals surface area contributed by atoms with Gasteiger partial charge in [0.15, 0.2) is 23.0 Å². The average molecular weight is 1110 g/mol. The number of halogens is 2. The molecule has 13 nitrogen and oxygen atoms in total. The maximum Gasteiger partial charge on any atom is 0.256 e. The number of ketones is 1. The molecular formula is C67H44Cl2N8O5. The number of hydrogen-bond donors (Lipinski definition) is 6. The van der Waals surface area contributed by atoms with Crippen molar-refractivity contribution in [3.63, 3.8) is 0 Å². The molecule has 11 aromatic carbocycles. The van der Waals surface area contributed by atoms with Crippen LogP contribution < -0.4 is 10.1 Å². The smallest absolute Gasteiger partial charge is 0.256 e. The van der Waals surface area contributed by atoms with Gasteiger partial charge in [-0.25, -0.2) is 0 Å². The molecule has 14 rings (SSSR count). The minimum Gasteiger partial charge on any atom is -0.504 e. The van der Waals surface area contributed by atoms with Crippen molar-refractivity contribution in [1.82, 2.24) is 9.97 Å². The van der Waals surface area contributed by atoms with E-state index in [2.05, 4.69) is 20.4 Å². The molecule has 1 aliphatic rings. The van der Waals surface area contributed by atoms with Gasteiger partial charge in [0.05, 0.1) is 28.1 Å². The molecule has 6 N–H and O–H groups in total. The number of ether oxygens (including phenoxy) is 1. The lowest BCUT2D eigenvalue weighted by atomic mass is 9.82. The number of carbonyl (C=O) groups is 2. The van der Waals surface area contributed by atoms with E-state index in [9.17, 15) is 19.8 Å². The Balaban J connectivity index is 0.858. The Morgan fingerprint density at radius 2 is 1.16 bits per heavy atom. The van der Waals surface area contributed by atoms with Gasteiger partial charge in [-0.05, 0) is 125 Å². The number of phenolic OH excluding ortho intramolecular Hbond substituents is 2. The lowest BCUT2D eigenvalue weighted by Gasteiger charge is -2.20. The van der Waals surface area contributed by atoms with Crippen molar-refractivity contribution in [3.8, 4) is 28.4 Å². The summed E-state index contributed by atoms with van der Waals surface area (Å²) in [6.45, 7) is 3.98. The van der Waals surface area contributed by atoms with Crippen molar-refractivity contribution < 1.29 is 24.5 Å². The van der Waals surface area contributed by atoms with E-state index >= 15 is 0 Å². The number of benzene rings is 11. The molecule has 0 aliphatic heterocycles. The van der Waals surface area contributed by atoms with Crippen molar-refractivity contribution in [3.05, 3.63) is 213 Å². The summed E-state index contributed by atoms with van der Waals surface area (Å²) in [5.74, 6) is -1.34. The molecular weight excluding hydrogens is 1070 g/mol. The molecule has 0 bridgehead atoms. The number of carbonyl (C=O) groups excluding carboxylic acids is 2. The van der Waals surface area contributed by atoms with Crippen molar-refractivity contribution >= 4 is 145 Å². The van der Waals surface area contributed by atoms with Gasteiger partial charge >= 0.3 is 0 Å². The number of aromatic hydroxyl groups is 2. The highest BCUT2D eigenvalue weighted by molar-refractivity contribution is 6.33. The Bertz CT molecular complexity index is 5040. The van der Waals surface area contributed by atoms with E-state index in [4.69, 9.17) is 48.7 Å². The van der Waals surface area contributed by atoms with Crippen LogP contribution in [0.4, 0.5) is 28.4 Å². The number of hydrogen-bond acceptors (Lipinski definition) is 10. The summed E-state index contributed by atoms with van der Waals surface area (Å²) in [5, 5.41) is 63.8. The van der Waals surface area contributed by atoms with Crippen LogP contribution in [0, 0.1) is 5.41 Å². The number of nitrogens with zero attached hydrogens (tertiary/aromatic N) is 4. The molecule has 0 spiro atoms. The van der Waals surface area contributed by atoms with Gasteiger partial charge in [-0.15, -0.1) is 15.3 Å². The molecule has 396 valence electrons.